The Morgan fingerprint density at radius 3 is 2.32 bits per heavy atom. The number of carbonyl (C=O) groups excluding carboxylic acids is 1. The van der Waals surface area contributed by atoms with Crippen LogP contribution in [0.15, 0.2) is 72.8 Å². The largest absolute Gasteiger partial charge is 0.494 e. The summed E-state index contributed by atoms with van der Waals surface area (Å²) >= 11 is 0. The molecule has 0 spiro atoms. The minimum atomic E-state index is -0.482. The molecule has 0 bridgehead atoms. The van der Waals surface area contributed by atoms with Crippen molar-refractivity contribution in [1.82, 2.24) is 14.8 Å². The number of aromatic nitrogens is 3. The van der Waals surface area contributed by atoms with Crippen LogP contribution in [-0.4, -0.2) is 27.3 Å². The van der Waals surface area contributed by atoms with Crippen LogP contribution in [0.3, 0.4) is 0 Å². The summed E-state index contributed by atoms with van der Waals surface area (Å²) in [5, 5.41) is 7.15. The maximum absolute atomic E-state index is 13.1. The molecule has 0 saturated carbocycles. The lowest BCUT2D eigenvalue weighted by Gasteiger charge is -2.08. The minimum absolute atomic E-state index is 0.00813. The van der Waals surface area contributed by atoms with Crippen LogP contribution in [0, 0.1) is 12.7 Å². The van der Waals surface area contributed by atoms with E-state index in [1.165, 1.54) is 24.3 Å². The Morgan fingerprint density at radius 2 is 1.68 bits per heavy atom. The second-order valence-corrected chi connectivity index (χ2v) is 6.92. The van der Waals surface area contributed by atoms with E-state index in [0.29, 0.717) is 18.1 Å². The number of rotatable bonds is 6. The Balaban J connectivity index is 1.71. The van der Waals surface area contributed by atoms with Crippen LogP contribution in [-0.2, 0) is 0 Å². The highest BCUT2D eigenvalue weighted by Crippen LogP contribution is 2.24. The molecule has 1 amide bonds. The normalized spacial score (nSPS) is 10.7. The second-order valence-electron chi connectivity index (χ2n) is 6.92. The first-order valence-corrected chi connectivity index (χ1v) is 9.88. The molecule has 7 heteroatoms. The maximum atomic E-state index is 13.1. The monoisotopic (exact) mass is 416 g/mol. The van der Waals surface area contributed by atoms with Crippen LogP contribution in [0.4, 0.5) is 10.1 Å². The molecular weight excluding hydrogens is 395 g/mol. The van der Waals surface area contributed by atoms with E-state index in [1.807, 2.05) is 62.4 Å². The molecule has 1 heterocycles. The van der Waals surface area contributed by atoms with Gasteiger partial charge in [0.1, 0.15) is 11.6 Å². The zero-order valence-electron chi connectivity index (χ0n) is 17.2. The Kier molecular flexibility index (Phi) is 5.75. The molecule has 0 saturated heterocycles. The van der Waals surface area contributed by atoms with Crippen LogP contribution in [0.2, 0.25) is 0 Å². The fourth-order valence-corrected chi connectivity index (χ4v) is 3.05. The smallest absolute Gasteiger partial charge is 0.295 e. The molecule has 0 atom stereocenters. The fraction of sp³-hybridized carbons (Fsp3) is 0.125. The predicted octanol–water partition coefficient (Wildman–Crippen LogP) is 5.03. The van der Waals surface area contributed by atoms with Gasteiger partial charge in [0.15, 0.2) is 5.82 Å². The molecule has 0 aliphatic heterocycles. The van der Waals surface area contributed by atoms with Crippen molar-refractivity contribution in [2.45, 2.75) is 13.8 Å². The third kappa shape index (κ3) is 4.61. The summed E-state index contributed by atoms with van der Waals surface area (Å²) in [6.07, 6.45) is 0. The number of halogens is 1. The average molecular weight is 416 g/mol. The highest BCUT2D eigenvalue weighted by Gasteiger charge is 2.19. The Hall–Kier alpha value is -4.00. The van der Waals surface area contributed by atoms with E-state index in [0.717, 1.165) is 22.6 Å². The highest BCUT2D eigenvalue weighted by molar-refractivity contribution is 6.01. The molecule has 156 valence electrons. The number of amides is 1. The van der Waals surface area contributed by atoms with Crippen molar-refractivity contribution in [3.05, 3.63) is 90.0 Å². The van der Waals surface area contributed by atoms with Gasteiger partial charge in [-0.15, -0.1) is 5.10 Å². The highest BCUT2D eigenvalue weighted by atomic mass is 19.1. The SMILES string of the molecule is CCOc1ccc(-n2nc(C(=O)Nc3ccc(F)cc3)nc2-c2ccc(C)cc2)cc1. The van der Waals surface area contributed by atoms with Crippen molar-refractivity contribution in [3.8, 4) is 22.8 Å². The number of benzene rings is 3. The van der Waals surface area contributed by atoms with Gasteiger partial charge in [0.05, 0.1) is 12.3 Å². The van der Waals surface area contributed by atoms with Crippen molar-refractivity contribution in [2.75, 3.05) is 11.9 Å². The first kappa shape index (κ1) is 20.3. The molecule has 0 unspecified atom stereocenters. The molecule has 6 nitrogen and oxygen atoms in total. The van der Waals surface area contributed by atoms with E-state index in [1.54, 1.807) is 4.68 Å². The van der Waals surface area contributed by atoms with Gasteiger partial charge in [0, 0.05) is 11.3 Å². The van der Waals surface area contributed by atoms with Gasteiger partial charge in [0.2, 0.25) is 5.82 Å². The van der Waals surface area contributed by atoms with Crippen LogP contribution in [0.5, 0.6) is 5.75 Å². The molecule has 1 aromatic heterocycles. The van der Waals surface area contributed by atoms with Crippen molar-refractivity contribution in [2.24, 2.45) is 0 Å². The van der Waals surface area contributed by atoms with Gasteiger partial charge in [-0.2, -0.15) is 0 Å². The van der Waals surface area contributed by atoms with E-state index in [9.17, 15) is 9.18 Å². The van der Waals surface area contributed by atoms with Crippen LogP contribution < -0.4 is 10.1 Å². The van der Waals surface area contributed by atoms with Crippen molar-refractivity contribution in [1.29, 1.82) is 0 Å². The van der Waals surface area contributed by atoms with Crippen LogP contribution >= 0.6 is 0 Å². The lowest BCUT2D eigenvalue weighted by atomic mass is 10.1. The third-order valence-corrected chi connectivity index (χ3v) is 4.61. The summed E-state index contributed by atoms with van der Waals surface area (Å²) in [5.41, 5.74) is 3.14. The molecule has 4 aromatic rings. The number of carbonyl (C=O) groups is 1. The van der Waals surface area contributed by atoms with E-state index >= 15 is 0 Å². The molecule has 0 radical (unpaired) electrons. The second kappa shape index (κ2) is 8.79. The van der Waals surface area contributed by atoms with Gasteiger partial charge in [-0.25, -0.2) is 14.1 Å². The summed E-state index contributed by atoms with van der Waals surface area (Å²) in [5.74, 6) is 0.432. The standard InChI is InChI=1S/C24H21FN4O2/c1-3-31-21-14-12-20(13-15-21)29-23(17-6-4-16(2)5-7-17)27-22(28-29)24(30)26-19-10-8-18(25)9-11-19/h4-15H,3H2,1-2H3,(H,26,30). The van der Waals surface area contributed by atoms with Gasteiger partial charge < -0.3 is 10.1 Å². The number of ether oxygens (including phenoxy) is 1. The van der Waals surface area contributed by atoms with Crippen LogP contribution in [0.1, 0.15) is 23.1 Å². The predicted molar refractivity (Wildman–Crippen MR) is 117 cm³/mol. The zero-order chi connectivity index (χ0) is 21.8. The molecule has 3 aromatic carbocycles. The van der Waals surface area contributed by atoms with Crippen molar-refractivity contribution in [3.63, 3.8) is 0 Å². The lowest BCUT2D eigenvalue weighted by Crippen LogP contribution is -2.14. The maximum Gasteiger partial charge on any atom is 0.295 e. The number of nitrogens with one attached hydrogen (secondary N) is 1. The van der Waals surface area contributed by atoms with Gasteiger partial charge in [-0.1, -0.05) is 29.8 Å². The Morgan fingerprint density at radius 1 is 1.00 bits per heavy atom. The van der Waals surface area contributed by atoms with Gasteiger partial charge in [-0.3, -0.25) is 4.79 Å². The van der Waals surface area contributed by atoms with Gasteiger partial charge >= 0.3 is 0 Å². The topological polar surface area (TPSA) is 69.0 Å². The minimum Gasteiger partial charge on any atom is -0.494 e. The number of nitrogens with zero attached hydrogens (tertiary/aromatic N) is 3. The molecule has 31 heavy (non-hydrogen) atoms. The quantitative estimate of drug-likeness (QED) is 0.479. The van der Waals surface area contributed by atoms with Crippen molar-refractivity contribution < 1.29 is 13.9 Å². The Labute approximate surface area is 179 Å². The molecule has 0 fully saturated rings. The molecule has 0 aliphatic carbocycles. The first-order chi connectivity index (χ1) is 15.0. The lowest BCUT2D eigenvalue weighted by molar-refractivity contribution is 0.101. The number of hydrogen-bond acceptors (Lipinski definition) is 4. The summed E-state index contributed by atoms with van der Waals surface area (Å²) in [4.78, 5) is 17.3. The molecule has 1 N–H and O–H groups in total. The number of anilines is 1. The molecule has 4 rings (SSSR count). The average Bonchev–Trinajstić information content (AvgIpc) is 3.22. The van der Waals surface area contributed by atoms with E-state index in [2.05, 4.69) is 15.4 Å². The molecule has 0 aliphatic rings. The van der Waals surface area contributed by atoms with E-state index < -0.39 is 5.91 Å². The van der Waals surface area contributed by atoms with Gasteiger partial charge in [-0.05, 0) is 62.4 Å². The first-order valence-electron chi connectivity index (χ1n) is 9.88. The Bertz CT molecular complexity index is 1180. The summed E-state index contributed by atoms with van der Waals surface area (Å²) < 4.78 is 20.3. The van der Waals surface area contributed by atoms with Crippen molar-refractivity contribution >= 4 is 11.6 Å². The van der Waals surface area contributed by atoms with Crippen LogP contribution in [0.25, 0.3) is 17.1 Å². The molecular formula is C24H21FN4O2. The van der Waals surface area contributed by atoms with Gasteiger partial charge in [0.25, 0.3) is 5.91 Å². The van der Waals surface area contributed by atoms with E-state index in [-0.39, 0.29) is 11.6 Å². The number of hydrogen-bond donors (Lipinski definition) is 1. The third-order valence-electron chi connectivity index (χ3n) is 4.61. The number of aryl methyl sites for hydroxylation is 1. The summed E-state index contributed by atoms with van der Waals surface area (Å²) in [6, 6.07) is 20.8. The fourth-order valence-electron chi connectivity index (χ4n) is 3.05. The van der Waals surface area contributed by atoms with E-state index in [4.69, 9.17) is 4.74 Å². The zero-order valence-corrected chi connectivity index (χ0v) is 17.2. The summed E-state index contributed by atoms with van der Waals surface area (Å²) in [6.45, 7) is 4.50. The summed E-state index contributed by atoms with van der Waals surface area (Å²) in [7, 11) is 0.